The first-order valence-corrected chi connectivity index (χ1v) is 9.60. The van der Waals surface area contributed by atoms with E-state index in [9.17, 15) is 17.6 Å². The first-order valence-electron chi connectivity index (χ1n) is 7.40. The fraction of sp³-hybridized carbons (Fsp3) is 0.533. The molecule has 1 aliphatic rings. The Labute approximate surface area is 140 Å². The van der Waals surface area contributed by atoms with Gasteiger partial charge in [0.1, 0.15) is 12.4 Å². The third kappa shape index (κ3) is 4.65. The van der Waals surface area contributed by atoms with Crippen molar-refractivity contribution in [2.75, 3.05) is 32.1 Å². The summed E-state index contributed by atoms with van der Waals surface area (Å²) in [7, 11) is 0.370. The van der Waals surface area contributed by atoms with Crippen LogP contribution in [0.1, 0.15) is 12.0 Å². The van der Waals surface area contributed by atoms with Crippen LogP contribution in [0.25, 0.3) is 0 Å². The van der Waals surface area contributed by atoms with Gasteiger partial charge in [-0.1, -0.05) is 17.7 Å². The fourth-order valence-corrected chi connectivity index (χ4v) is 4.74. The molecular weight excluding hydrogens is 343 g/mol. The van der Waals surface area contributed by atoms with Crippen molar-refractivity contribution in [3.05, 3.63) is 34.6 Å². The van der Waals surface area contributed by atoms with Crippen LogP contribution in [-0.2, 0) is 21.2 Å². The van der Waals surface area contributed by atoms with Crippen LogP contribution in [0.2, 0.25) is 5.02 Å². The minimum Gasteiger partial charge on any atom is -0.337 e. The summed E-state index contributed by atoms with van der Waals surface area (Å²) in [5.74, 6) is -0.396. The molecule has 1 aliphatic heterocycles. The molecule has 0 saturated carbocycles. The van der Waals surface area contributed by atoms with E-state index in [1.807, 2.05) is 0 Å². The number of quaternary nitrogens is 1. The van der Waals surface area contributed by atoms with E-state index in [0.717, 1.165) is 4.90 Å². The second-order valence-corrected chi connectivity index (χ2v) is 8.71. The molecule has 1 aromatic rings. The minimum absolute atomic E-state index is 0.0213. The molecule has 2 atom stereocenters. The number of sulfone groups is 1. The number of hydrogen-bond acceptors (Lipinski definition) is 3. The molecule has 0 aromatic heterocycles. The molecule has 1 unspecified atom stereocenters. The van der Waals surface area contributed by atoms with E-state index < -0.39 is 9.84 Å². The predicted octanol–water partition coefficient (Wildman–Crippen LogP) is 0.139. The monoisotopic (exact) mass is 363 g/mol. The van der Waals surface area contributed by atoms with Crippen molar-refractivity contribution in [3.63, 3.8) is 0 Å². The number of carbonyl (C=O) groups excluding carboxylic acids is 1. The molecule has 2 rings (SSSR count). The fourth-order valence-electron chi connectivity index (χ4n) is 2.73. The Hall–Kier alpha value is -1.18. The molecule has 1 N–H and O–H groups in total. The highest BCUT2D eigenvalue weighted by Crippen LogP contribution is 2.18. The number of hydrogen-bond donors (Lipinski definition) is 1. The molecule has 1 saturated heterocycles. The topological polar surface area (TPSA) is 58.9 Å². The van der Waals surface area contributed by atoms with Crippen molar-refractivity contribution in [1.29, 1.82) is 0 Å². The van der Waals surface area contributed by atoms with Gasteiger partial charge in [-0.3, -0.25) is 4.79 Å². The van der Waals surface area contributed by atoms with E-state index in [-0.39, 0.29) is 42.4 Å². The summed E-state index contributed by atoms with van der Waals surface area (Å²) in [4.78, 5) is 14.6. The Kier molecular flexibility index (Phi) is 5.65. The number of rotatable bonds is 5. The van der Waals surface area contributed by atoms with Gasteiger partial charge < -0.3 is 9.80 Å². The molecule has 0 bridgehead atoms. The third-order valence-corrected chi connectivity index (χ3v) is 6.25. The van der Waals surface area contributed by atoms with Crippen molar-refractivity contribution >= 4 is 27.3 Å². The predicted molar refractivity (Wildman–Crippen MR) is 86.7 cm³/mol. The molecule has 1 amide bonds. The standard InChI is InChI=1S/C15H20ClFN2O3S/c1-18(8-12-13(16)4-3-5-14(12)17)9-15(20)19(2)11-6-7-23(21,22)10-11/h3-5,11H,6-10H2,1-2H3/p+1/t11-/m0/s1. The van der Waals surface area contributed by atoms with Crippen LogP contribution >= 0.6 is 11.6 Å². The molecule has 128 valence electrons. The van der Waals surface area contributed by atoms with Gasteiger partial charge in [0, 0.05) is 13.1 Å². The average molecular weight is 364 g/mol. The Morgan fingerprint density at radius 1 is 1.48 bits per heavy atom. The highest BCUT2D eigenvalue weighted by atomic mass is 35.5. The van der Waals surface area contributed by atoms with Crippen LogP contribution in [-0.4, -0.2) is 57.4 Å². The maximum Gasteiger partial charge on any atom is 0.277 e. The van der Waals surface area contributed by atoms with Gasteiger partial charge in [0.25, 0.3) is 5.91 Å². The van der Waals surface area contributed by atoms with E-state index in [1.165, 1.54) is 17.0 Å². The lowest BCUT2D eigenvalue weighted by Gasteiger charge is -2.25. The molecule has 0 aliphatic carbocycles. The van der Waals surface area contributed by atoms with Crippen molar-refractivity contribution in [2.24, 2.45) is 0 Å². The van der Waals surface area contributed by atoms with Gasteiger partial charge in [-0.2, -0.15) is 0 Å². The number of halogens is 2. The number of carbonyl (C=O) groups is 1. The van der Waals surface area contributed by atoms with E-state index >= 15 is 0 Å². The Bertz CT molecular complexity index is 676. The van der Waals surface area contributed by atoms with E-state index in [4.69, 9.17) is 11.6 Å². The molecule has 0 radical (unpaired) electrons. The van der Waals surface area contributed by atoms with Gasteiger partial charge in [-0.25, -0.2) is 12.8 Å². The highest BCUT2D eigenvalue weighted by molar-refractivity contribution is 7.91. The summed E-state index contributed by atoms with van der Waals surface area (Å²) in [5, 5.41) is 0.340. The lowest BCUT2D eigenvalue weighted by molar-refractivity contribution is -0.885. The molecule has 8 heteroatoms. The number of nitrogens with zero attached hydrogens (tertiary/aromatic N) is 1. The van der Waals surface area contributed by atoms with Gasteiger partial charge in [0.05, 0.1) is 29.1 Å². The molecular formula is C15H21ClFN2O3S+. The summed E-state index contributed by atoms with van der Waals surface area (Å²) < 4.78 is 36.8. The summed E-state index contributed by atoms with van der Waals surface area (Å²) in [6.45, 7) is 0.436. The van der Waals surface area contributed by atoms with Crippen molar-refractivity contribution in [1.82, 2.24) is 4.90 Å². The van der Waals surface area contributed by atoms with Gasteiger partial charge >= 0.3 is 0 Å². The lowest BCUT2D eigenvalue weighted by atomic mass is 10.2. The van der Waals surface area contributed by atoms with Crippen LogP contribution in [0.4, 0.5) is 4.39 Å². The molecule has 1 fully saturated rings. The zero-order valence-electron chi connectivity index (χ0n) is 13.2. The summed E-state index contributed by atoms with van der Waals surface area (Å²) in [5.41, 5.74) is 0.380. The van der Waals surface area contributed by atoms with Crippen molar-refractivity contribution in [3.8, 4) is 0 Å². The SMILES string of the molecule is CN(C(=O)C[NH+](C)Cc1c(F)cccc1Cl)[C@H]1CCS(=O)(=O)C1. The van der Waals surface area contributed by atoms with Crippen molar-refractivity contribution in [2.45, 2.75) is 19.0 Å². The van der Waals surface area contributed by atoms with E-state index in [2.05, 4.69) is 0 Å². The second-order valence-electron chi connectivity index (χ2n) is 6.07. The Morgan fingerprint density at radius 3 is 2.74 bits per heavy atom. The molecule has 5 nitrogen and oxygen atoms in total. The lowest BCUT2D eigenvalue weighted by Crippen LogP contribution is -3.09. The molecule has 1 heterocycles. The zero-order chi connectivity index (χ0) is 17.2. The Balaban J connectivity index is 1.95. The smallest absolute Gasteiger partial charge is 0.277 e. The van der Waals surface area contributed by atoms with Gasteiger partial charge in [0.2, 0.25) is 0 Å². The largest absolute Gasteiger partial charge is 0.337 e. The van der Waals surface area contributed by atoms with Gasteiger partial charge in [-0.05, 0) is 18.6 Å². The second kappa shape index (κ2) is 7.15. The van der Waals surface area contributed by atoms with Crippen molar-refractivity contribution < 1.29 is 22.5 Å². The van der Waals surface area contributed by atoms with Crippen LogP contribution in [0.15, 0.2) is 18.2 Å². The number of likely N-dealkylation sites (N-methyl/N-ethyl adjacent to an activating group) is 2. The maximum absolute atomic E-state index is 13.8. The van der Waals surface area contributed by atoms with Crippen LogP contribution in [0.3, 0.4) is 0 Å². The normalized spacial score (nSPS) is 21.1. The first-order chi connectivity index (χ1) is 10.7. The minimum atomic E-state index is -3.03. The highest BCUT2D eigenvalue weighted by Gasteiger charge is 2.33. The average Bonchev–Trinajstić information content (AvgIpc) is 2.82. The van der Waals surface area contributed by atoms with Gasteiger partial charge in [0.15, 0.2) is 16.4 Å². The summed E-state index contributed by atoms with van der Waals surface area (Å²) >= 11 is 5.99. The maximum atomic E-state index is 13.8. The summed E-state index contributed by atoms with van der Waals surface area (Å²) in [6, 6.07) is 4.23. The third-order valence-electron chi connectivity index (χ3n) is 4.14. The molecule has 1 aromatic carbocycles. The first kappa shape index (κ1) is 18.2. The number of amides is 1. The van der Waals surface area contributed by atoms with E-state index in [1.54, 1.807) is 20.2 Å². The molecule has 0 spiro atoms. The zero-order valence-corrected chi connectivity index (χ0v) is 14.8. The van der Waals surface area contributed by atoms with Crippen LogP contribution < -0.4 is 4.90 Å². The van der Waals surface area contributed by atoms with Crippen LogP contribution in [0.5, 0.6) is 0 Å². The van der Waals surface area contributed by atoms with Gasteiger partial charge in [-0.15, -0.1) is 0 Å². The number of nitrogens with one attached hydrogen (secondary N) is 1. The summed E-state index contributed by atoms with van der Waals surface area (Å²) in [6.07, 6.45) is 0.475. The van der Waals surface area contributed by atoms with Crippen LogP contribution in [0, 0.1) is 5.82 Å². The number of benzene rings is 1. The quantitative estimate of drug-likeness (QED) is 0.809. The Morgan fingerprint density at radius 2 is 2.17 bits per heavy atom. The molecule has 23 heavy (non-hydrogen) atoms. The van der Waals surface area contributed by atoms with E-state index in [0.29, 0.717) is 17.0 Å².